The number of ketones is 1. The molecule has 4 fully saturated rings. The Hall–Kier alpha value is -1.34. The van der Waals surface area contributed by atoms with Crippen LogP contribution in [0.3, 0.4) is 0 Å². The molecule has 7 unspecified atom stereocenters. The number of carbonyl (C=O) groups is 1. The molecule has 1 aromatic rings. The van der Waals surface area contributed by atoms with E-state index in [4.69, 9.17) is 16.9 Å². The van der Waals surface area contributed by atoms with Crippen LogP contribution in [0.25, 0.3) is 0 Å². The van der Waals surface area contributed by atoms with Crippen molar-refractivity contribution >= 4 is 17.4 Å². The lowest BCUT2D eigenvalue weighted by atomic mass is 9.48. The van der Waals surface area contributed by atoms with Crippen molar-refractivity contribution in [2.75, 3.05) is 0 Å². The predicted molar refractivity (Wildman–Crippen MR) is 121 cm³/mol. The van der Waals surface area contributed by atoms with Crippen molar-refractivity contribution in [1.29, 1.82) is 5.26 Å². The Balaban J connectivity index is 1.35. The Morgan fingerprint density at radius 3 is 2.71 bits per heavy atom. The highest BCUT2D eigenvalue weighted by atomic mass is 35.5. The number of hydrogen-bond donors (Lipinski definition) is 0. The summed E-state index contributed by atoms with van der Waals surface area (Å²) in [6.45, 7) is 7.51. The molecule has 0 amide bonds. The van der Waals surface area contributed by atoms with Gasteiger partial charge in [0.05, 0.1) is 6.54 Å². The highest BCUT2D eigenvalue weighted by molar-refractivity contribution is 6.30. The second-order valence-corrected chi connectivity index (χ2v) is 12.1. The molecule has 1 aromatic heterocycles. The quantitative estimate of drug-likeness (QED) is 0.566. The molecule has 4 saturated carbocycles. The Morgan fingerprint density at radius 2 is 1.97 bits per heavy atom. The van der Waals surface area contributed by atoms with Crippen LogP contribution in [-0.4, -0.2) is 15.6 Å². The zero-order valence-electron chi connectivity index (χ0n) is 19.2. The second kappa shape index (κ2) is 7.91. The maximum Gasteiger partial charge on any atom is 0.168 e. The van der Waals surface area contributed by atoms with E-state index in [0.717, 1.165) is 36.0 Å². The second-order valence-electron chi connectivity index (χ2n) is 11.7. The third-order valence-electron chi connectivity index (χ3n) is 10.1. The fraction of sp³-hybridized carbons (Fsp3) is 0.808. The maximum absolute atomic E-state index is 13.5. The first-order valence-corrected chi connectivity index (χ1v) is 12.9. The van der Waals surface area contributed by atoms with Gasteiger partial charge in [0, 0.05) is 12.1 Å². The van der Waals surface area contributed by atoms with E-state index < -0.39 is 0 Å². The first-order chi connectivity index (χ1) is 14.8. The van der Waals surface area contributed by atoms with Crippen molar-refractivity contribution in [2.45, 2.75) is 78.7 Å². The van der Waals surface area contributed by atoms with Gasteiger partial charge in [-0.2, -0.15) is 10.4 Å². The summed E-state index contributed by atoms with van der Waals surface area (Å²) >= 11 is 6.02. The van der Waals surface area contributed by atoms with Crippen LogP contribution >= 0.6 is 11.6 Å². The molecule has 0 N–H and O–H groups in total. The summed E-state index contributed by atoms with van der Waals surface area (Å²) in [4.78, 5) is 13.5. The molecule has 0 aromatic carbocycles. The lowest BCUT2D eigenvalue weighted by Crippen LogP contribution is -2.50. The Bertz CT molecular complexity index is 903. The van der Waals surface area contributed by atoms with Crippen LogP contribution in [0, 0.1) is 64.1 Å². The summed E-state index contributed by atoms with van der Waals surface area (Å²) < 4.78 is 1.57. The van der Waals surface area contributed by atoms with Gasteiger partial charge in [-0.15, -0.1) is 0 Å². The van der Waals surface area contributed by atoms with Gasteiger partial charge < -0.3 is 0 Å². The summed E-state index contributed by atoms with van der Waals surface area (Å²) in [7, 11) is 0. The zero-order valence-corrected chi connectivity index (χ0v) is 19.9. The van der Waals surface area contributed by atoms with Crippen LogP contribution in [0.2, 0.25) is 5.15 Å². The normalized spacial score (nSPS) is 44.1. The predicted octanol–water partition coefficient (Wildman–Crippen LogP) is 6.13. The number of nitrogens with zero attached hydrogens (tertiary/aromatic N) is 3. The van der Waals surface area contributed by atoms with Gasteiger partial charge in [0.2, 0.25) is 0 Å². The summed E-state index contributed by atoms with van der Waals surface area (Å²) in [5.41, 5.74) is 0.457. The van der Waals surface area contributed by atoms with E-state index >= 15 is 0 Å². The molecule has 4 aliphatic carbocycles. The summed E-state index contributed by atoms with van der Waals surface area (Å²) in [6.07, 6.45) is 12.2. The highest BCUT2D eigenvalue weighted by Crippen LogP contribution is 2.66. The monoisotopic (exact) mass is 441 g/mol. The summed E-state index contributed by atoms with van der Waals surface area (Å²) in [6, 6.07) is 2.05. The minimum atomic E-state index is 0.103. The third kappa shape index (κ3) is 3.47. The Kier molecular flexibility index (Phi) is 5.48. The molecular weight excluding hydrogens is 406 g/mol. The highest BCUT2D eigenvalue weighted by Gasteiger charge is 2.60. The number of hydrogen-bond acceptors (Lipinski definition) is 3. The van der Waals surface area contributed by atoms with Crippen molar-refractivity contribution in [3.05, 3.63) is 16.9 Å². The molecule has 0 spiro atoms. The standard InChI is InChI=1S/C26H36ClN3O/c1-15-4-6-19-17(10-15)5-7-21-20(19)8-9-26(3)22(11-16(2)24(21)26)23(31)14-30-13-18(12-28)25(27)29-30/h13,15-17,19-22,24H,4-11,14H2,1-3H3/t15?,16?,17-,19+,20?,21?,22?,24?,26?/m1/s1. The first kappa shape index (κ1) is 21.5. The Labute approximate surface area is 191 Å². The van der Waals surface area contributed by atoms with Gasteiger partial charge in [0.25, 0.3) is 0 Å². The van der Waals surface area contributed by atoms with Gasteiger partial charge in [-0.3, -0.25) is 9.48 Å². The zero-order chi connectivity index (χ0) is 21.9. The van der Waals surface area contributed by atoms with Crippen LogP contribution in [0.1, 0.15) is 77.7 Å². The first-order valence-electron chi connectivity index (χ1n) is 12.5. The summed E-state index contributed by atoms with van der Waals surface area (Å²) in [5.74, 6) is 6.19. The van der Waals surface area contributed by atoms with Crippen LogP contribution < -0.4 is 0 Å². The van der Waals surface area contributed by atoms with Gasteiger partial charge in [0.15, 0.2) is 10.9 Å². The van der Waals surface area contributed by atoms with Crippen molar-refractivity contribution in [2.24, 2.45) is 52.8 Å². The molecule has 0 radical (unpaired) electrons. The number of nitriles is 1. The van der Waals surface area contributed by atoms with E-state index in [0.29, 0.717) is 17.4 Å². The van der Waals surface area contributed by atoms with Crippen LogP contribution in [0.15, 0.2) is 6.20 Å². The molecule has 168 valence electrons. The maximum atomic E-state index is 13.5. The fourth-order valence-corrected chi connectivity index (χ4v) is 9.14. The van der Waals surface area contributed by atoms with E-state index in [-0.39, 0.29) is 28.8 Å². The number of carbonyl (C=O) groups excluding carboxylic acids is 1. The molecule has 1 heterocycles. The number of Topliss-reactive ketones (excluding diaryl/α,β-unsaturated/α-hetero) is 1. The lowest BCUT2D eigenvalue weighted by molar-refractivity contribution is -0.131. The van der Waals surface area contributed by atoms with E-state index in [9.17, 15) is 4.79 Å². The average molecular weight is 442 g/mol. The van der Waals surface area contributed by atoms with Crippen LogP contribution in [0.5, 0.6) is 0 Å². The molecule has 9 atom stereocenters. The van der Waals surface area contributed by atoms with Gasteiger partial charge in [-0.05, 0) is 91.8 Å². The van der Waals surface area contributed by atoms with Crippen molar-refractivity contribution < 1.29 is 4.79 Å². The fourth-order valence-electron chi connectivity index (χ4n) is 8.95. The number of halogens is 1. The van der Waals surface area contributed by atoms with Crippen LogP contribution in [-0.2, 0) is 11.3 Å². The Morgan fingerprint density at radius 1 is 1.19 bits per heavy atom. The smallest absolute Gasteiger partial charge is 0.168 e. The number of rotatable bonds is 3. The number of aromatic nitrogens is 2. The third-order valence-corrected chi connectivity index (χ3v) is 10.4. The average Bonchev–Trinajstić information content (AvgIpc) is 3.23. The van der Waals surface area contributed by atoms with Crippen molar-refractivity contribution in [3.8, 4) is 6.07 Å². The topological polar surface area (TPSA) is 58.7 Å². The lowest BCUT2D eigenvalue weighted by Gasteiger charge is -2.56. The van der Waals surface area contributed by atoms with E-state index in [1.807, 2.05) is 6.07 Å². The molecule has 5 rings (SSSR count). The number of fused-ring (bicyclic) bond motifs is 5. The molecule has 4 aliphatic rings. The van der Waals surface area contributed by atoms with Crippen molar-refractivity contribution in [1.82, 2.24) is 9.78 Å². The molecule has 0 saturated heterocycles. The molecule has 0 aliphatic heterocycles. The minimum absolute atomic E-state index is 0.103. The van der Waals surface area contributed by atoms with Gasteiger partial charge in [-0.25, -0.2) is 0 Å². The van der Waals surface area contributed by atoms with Gasteiger partial charge in [-0.1, -0.05) is 38.8 Å². The van der Waals surface area contributed by atoms with Crippen molar-refractivity contribution in [3.63, 3.8) is 0 Å². The molecule has 5 heteroatoms. The molecular formula is C26H36ClN3O. The van der Waals surface area contributed by atoms with E-state index in [2.05, 4.69) is 25.9 Å². The molecule has 4 nitrogen and oxygen atoms in total. The van der Waals surface area contributed by atoms with Crippen LogP contribution in [0.4, 0.5) is 0 Å². The minimum Gasteiger partial charge on any atom is -0.297 e. The SMILES string of the molecule is CC1CC[C@@H]2C3CCC4(C)C(C(=O)Cn5cc(C#N)c(Cl)n5)CC(C)C4C3CC[C@@H]2C1. The molecule has 0 bridgehead atoms. The van der Waals surface area contributed by atoms with Gasteiger partial charge in [0.1, 0.15) is 11.6 Å². The van der Waals surface area contributed by atoms with E-state index in [1.165, 1.54) is 44.9 Å². The van der Waals surface area contributed by atoms with Gasteiger partial charge >= 0.3 is 0 Å². The van der Waals surface area contributed by atoms with E-state index in [1.54, 1.807) is 10.9 Å². The largest absolute Gasteiger partial charge is 0.297 e. The summed E-state index contributed by atoms with van der Waals surface area (Å²) in [5, 5.41) is 13.5. The molecule has 31 heavy (non-hydrogen) atoms.